The molecule has 16 heavy (non-hydrogen) atoms. The summed E-state index contributed by atoms with van der Waals surface area (Å²) < 4.78 is 25.4. The average Bonchev–Trinajstić information content (AvgIpc) is 2.24. The predicted octanol–water partition coefficient (Wildman–Crippen LogP) is 1.94. The maximum atomic E-state index is 12.8. The van der Waals surface area contributed by atoms with Crippen molar-refractivity contribution in [3.8, 4) is 0 Å². The fraction of sp³-hybridized carbons (Fsp3) is 0.364. The van der Waals surface area contributed by atoms with Crippen LogP contribution in [-0.4, -0.2) is 18.2 Å². The van der Waals surface area contributed by atoms with Gasteiger partial charge in [0.05, 0.1) is 0 Å². The van der Waals surface area contributed by atoms with Crippen molar-refractivity contribution in [1.82, 2.24) is 5.32 Å². The van der Waals surface area contributed by atoms with Gasteiger partial charge in [-0.2, -0.15) is 12.6 Å². The van der Waals surface area contributed by atoms with E-state index in [9.17, 15) is 13.6 Å². The van der Waals surface area contributed by atoms with Gasteiger partial charge in [-0.1, -0.05) is 6.07 Å². The van der Waals surface area contributed by atoms with Gasteiger partial charge in [0.25, 0.3) is 0 Å². The van der Waals surface area contributed by atoms with Crippen LogP contribution in [0, 0.1) is 11.6 Å². The van der Waals surface area contributed by atoms with Crippen LogP contribution in [0.15, 0.2) is 18.2 Å². The predicted molar refractivity (Wildman–Crippen MR) is 61.5 cm³/mol. The molecule has 0 atom stereocenters. The summed E-state index contributed by atoms with van der Waals surface area (Å²) in [6, 6.07) is 3.73. The summed E-state index contributed by atoms with van der Waals surface area (Å²) in [7, 11) is 0. The highest BCUT2D eigenvalue weighted by atomic mass is 32.1. The Hall–Kier alpha value is -1.10. The first kappa shape index (κ1) is 13.0. The molecule has 0 saturated heterocycles. The van der Waals surface area contributed by atoms with Gasteiger partial charge in [0.15, 0.2) is 11.6 Å². The van der Waals surface area contributed by atoms with Crippen molar-refractivity contribution >= 4 is 18.5 Å². The SMILES string of the molecule is O=C(CCS)NCCc1ccc(F)c(F)c1. The van der Waals surface area contributed by atoms with Crippen LogP contribution in [0.5, 0.6) is 0 Å². The van der Waals surface area contributed by atoms with E-state index < -0.39 is 11.6 Å². The average molecular weight is 245 g/mol. The zero-order valence-electron chi connectivity index (χ0n) is 8.67. The molecule has 0 saturated carbocycles. The number of carbonyl (C=O) groups is 1. The van der Waals surface area contributed by atoms with Crippen molar-refractivity contribution in [3.63, 3.8) is 0 Å². The van der Waals surface area contributed by atoms with E-state index in [2.05, 4.69) is 17.9 Å². The first-order valence-electron chi connectivity index (χ1n) is 4.95. The first-order chi connectivity index (χ1) is 7.63. The molecule has 0 aromatic heterocycles. The van der Waals surface area contributed by atoms with E-state index in [-0.39, 0.29) is 5.91 Å². The topological polar surface area (TPSA) is 29.1 Å². The number of benzene rings is 1. The van der Waals surface area contributed by atoms with Crippen molar-refractivity contribution in [2.75, 3.05) is 12.3 Å². The van der Waals surface area contributed by atoms with Crippen molar-refractivity contribution in [2.24, 2.45) is 0 Å². The summed E-state index contributed by atoms with van der Waals surface area (Å²) in [5.41, 5.74) is 0.657. The molecular weight excluding hydrogens is 232 g/mol. The van der Waals surface area contributed by atoms with Gasteiger partial charge in [-0.3, -0.25) is 4.79 Å². The smallest absolute Gasteiger partial charge is 0.220 e. The van der Waals surface area contributed by atoms with E-state index in [1.54, 1.807) is 0 Å². The van der Waals surface area contributed by atoms with E-state index in [4.69, 9.17) is 0 Å². The van der Waals surface area contributed by atoms with Gasteiger partial charge in [-0.25, -0.2) is 8.78 Å². The van der Waals surface area contributed by atoms with Gasteiger partial charge in [0.2, 0.25) is 5.91 Å². The zero-order chi connectivity index (χ0) is 12.0. The molecule has 1 aromatic carbocycles. The number of thiol groups is 1. The van der Waals surface area contributed by atoms with Crippen LogP contribution in [-0.2, 0) is 11.2 Å². The first-order valence-corrected chi connectivity index (χ1v) is 5.58. The molecule has 2 nitrogen and oxygen atoms in total. The molecule has 1 rings (SSSR count). The van der Waals surface area contributed by atoms with Gasteiger partial charge in [0, 0.05) is 13.0 Å². The maximum Gasteiger partial charge on any atom is 0.220 e. The molecule has 1 N–H and O–H groups in total. The molecular formula is C11H13F2NOS. The summed E-state index contributed by atoms with van der Waals surface area (Å²) in [5, 5.41) is 2.66. The lowest BCUT2D eigenvalue weighted by Gasteiger charge is -2.04. The Bertz CT molecular complexity index is 371. The molecule has 88 valence electrons. The van der Waals surface area contributed by atoms with Crippen LogP contribution in [0.1, 0.15) is 12.0 Å². The molecule has 0 aliphatic heterocycles. The number of hydrogen-bond donors (Lipinski definition) is 2. The largest absolute Gasteiger partial charge is 0.356 e. The highest BCUT2D eigenvalue weighted by Crippen LogP contribution is 2.08. The highest BCUT2D eigenvalue weighted by Gasteiger charge is 2.03. The Kier molecular flexibility index (Phi) is 5.25. The second-order valence-electron chi connectivity index (χ2n) is 3.32. The lowest BCUT2D eigenvalue weighted by atomic mass is 10.1. The van der Waals surface area contributed by atoms with E-state index >= 15 is 0 Å². The summed E-state index contributed by atoms with van der Waals surface area (Å²) in [4.78, 5) is 11.1. The number of hydrogen-bond acceptors (Lipinski definition) is 2. The molecule has 0 spiro atoms. The van der Waals surface area contributed by atoms with Gasteiger partial charge in [-0.15, -0.1) is 0 Å². The molecule has 1 aromatic rings. The van der Waals surface area contributed by atoms with E-state index in [0.717, 1.165) is 12.1 Å². The van der Waals surface area contributed by atoms with Crippen LogP contribution in [0.4, 0.5) is 8.78 Å². The number of rotatable bonds is 5. The van der Waals surface area contributed by atoms with Crippen molar-refractivity contribution in [2.45, 2.75) is 12.8 Å². The van der Waals surface area contributed by atoms with E-state index in [1.807, 2.05) is 0 Å². The Labute approximate surface area is 98.5 Å². The molecule has 0 aliphatic rings. The lowest BCUT2D eigenvalue weighted by molar-refractivity contribution is -0.120. The third-order valence-electron chi connectivity index (χ3n) is 2.06. The van der Waals surface area contributed by atoms with Crippen molar-refractivity contribution in [3.05, 3.63) is 35.4 Å². The minimum Gasteiger partial charge on any atom is -0.356 e. The third kappa shape index (κ3) is 4.18. The zero-order valence-corrected chi connectivity index (χ0v) is 9.57. The van der Waals surface area contributed by atoms with Crippen LogP contribution in [0.25, 0.3) is 0 Å². The van der Waals surface area contributed by atoms with Crippen LogP contribution >= 0.6 is 12.6 Å². The molecule has 0 aliphatic carbocycles. The third-order valence-corrected chi connectivity index (χ3v) is 2.28. The fourth-order valence-electron chi connectivity index (χ4n) is 1.23. The number of halogens is 2. The highest BCUT2D eigenvalue weighted by molar-refractivity contribution is 7.80. The molecule has 0 radical (unpaired) electrons. The minimum absolute atomic E-state index is 0.0856. The van der Waals surface area contributed by atoms with Gasteiger partial charge < -0.3 is 5.32 Å². The summed E-state index contributed by atoms with van der Waals surface area (Å²) >= 11 is 3.92. The normalized spacial score (nSPS) is 10.2. The summed E-state index contributed by atoms with van der Waals surface area (Å²) in [6.45, 7) is 0.414. The van der Waals surface area contributed by atoms with Crippen LogP contribution in [0.2, 0.25) is 0 Å². The molecule has 0 fully saturated rings. The minimum atomic E-state index is -0.862. The Morgan fingerprint density at radius 2 is 2.06 bits per heavy atom. The fourth-order valence-corrected chi connectivity index (χ4v) is 1.43. The second kappa shape index (κ2) is 6.48. The van der Waals surface area contributed by atoms with Gasteiger partial charge in [0.1, 0.15) is 0 Å². The molecule has 0 heterocycles. The molecule has 0 bridgehead atoms. The second-order valence-corrected chi connectivity index (χ2v) is 3.77. The van der Waals surface area contributed by atoms with Crippen LogP contribution in [0.3, 0.4) is 0 Å². The Morgan fingerprint density at radius 1 is 1.31 bits per heavy atom. The maximum absolute atomic E-state index is 12.8. The van der Waals surface area contributed by atoms with Crippen molar-refractivity contribution < 1.29 is 13.6 Å². The molecule has 1 amide bonds. The number of carbonyl (C=O) groups excluding carboxylic acids is 1. The number of amides is 1. The van der Waals surface area contributed by atoms with Crippen molar-refractivity contribution in [1.29, 1.82) is 0 Å². The van der Waals surface area contributed by atoms with Crippen LogP contribution < -0.4 is 5.32 Å². The summed E-state index contributed by atoms with van der Waals surface area (Å²) in [5.74, 6) is -1.31. The Morgan fingerprint density at radius 3 is 2.69 bits per heavy atom. The monoisotopic (exact) mass is 245 g/mol. The molecule has 5 heteroatoms. The Balaban J connectivity index is 2.37. The number of nitrogens with one attached hydrogen (secondary N) is 1. The quantitative estimate of drug-likeness (QED) is 0.763. The van der Waals surface area contributed by atoms with E-state index in [1.165, 1.54) is 6.07 Å². The van der Waals surface area contributed by atoms with Gasteiger partial charge in [-0.05, 0) is 29.9 Å². The summed E-state index contributed by atoms with van der Waals surface area (Å²) in [6.07, 6.45) is 0.844. The molecule has 0 unspecified atom stereocenters. The standard InChI is InChI=1S/C11H13F2NOS/c12-9-2-1-8(7-10(9)13)3-5-14-11(15)4-6-16/h1-2,7,16H,3-6H2,(H,14,15). The van der Waals surface area contributed by atoms with Gasteiger partial charge >= 0.3 is 0 Å². The lowest BCUT2D eigenvalue weighted by Crippen LogP contribution is -2.25. The van der Waals surface area contributed by atoms with E-state index in [0.29, 0.717) is 30.7 Å².